The van der Waals surface area contributed by atoms with Crippen molar-refractivity contribution in [3.05, 3.63) is 0 Å². The van der Waals surface area contributed by atoms with E-state index in [-0.39, 0.29) is 11.4 Å². The summed E-state index contributed by atoms with van der Waals surface area (Å²) in [6.45, 7) is 7.78. The molecule has 2 aliphatic rings. The molecule has 4 nitrogen and oxygen atoms in total. The van der Waals surface area contributed by atoms with Crippen LogP contribution in [0.5, 0.6) is 0 Å². The van der Waals surface area contributed by atoms with E-state index in [2.05, 4.69) is 26.1 Å². The standard InChI is InChI=1S/C12H23NO3S/c1-10(2)11(3)7-13-8-12(16-11)5-4-6-17(14,15)9-12/h10,13H,4-9H2,1-3H3. The Hall–Kier alpha value is -0.130. The van der Waals surface area contributed by atoms with Crippen LogP contribution in [-0.4, -0.2) is 44.2 Å². The Bertz CT molecular complexity index is 389. The van der Waals surface area contributed by atoms with E-state index in [9.17, 15) is 8.42 Å². The van der Waals surface area contributed by atoms with Crippen LogP contribution in [0.3, 0.4) is 0 Å². The number of hydrogen-bond acceptors (Lipinski definition) is 4. The Morgan fingerprint density at radius 2 is 2.00 bits per heavy atom. The van der Waals surface area contributed by atoms with Gasteiger partial charge in [-0.3, -0.25) is 0 Å². The smallest absolute Gasteiger partial charge is 0.153 e. The van der Waals surface area contributed by atoms with Crippen LogP contribution in [0.15, 0.2) is 0 Å². The second-order valence-corrected chi connectivity index (χ2v) is 8.24. The summed E-state index contributed by atoms with van der Waals surface area (Å²) in [5.74, 6) is 0.864. The first-order valence-electron chi connectivity index (χ1n) is 6.38. The molecule has 2 rings (SSSR count). The largest absolute Gasteiger partial charge is 0.365 e. The summed E-state index contributed by atoms with van der Waals surface area (Å²) < 4.78 is 29.9. The lowest BCUT2D eigenvalue weighted by molar-refractivity contribution is -0.182. The quantitative estimate of drug-likeness (QED) is 0.764. The zero-order valence-electron chi connectivity index (χ0n) is 11.0. The van der Waals surface area contributed by atoms with Gasteiger partial charge in [0.25, 0.3) is 0 Å². The highest BCUT2D eigenvalue weighted by Gasteiger charge is 2.48. The van der Waals surface area contributed by atoms with Gasteiger partial charge in [0.1, 0.15) is 0 Å². The van der Waals surface area contributed by atoms with E-state index >= 15 is 0 Å². The van der Waals surface area contributed by atoms with Gasteiger partial charge in [-0.15, -0.1) is 0 Å². The normalized spacial score (nSPS) is 41.9. The number of rotatable bonds is 1. The summed E-state index contributed by atoms with van der Waals surface area (Å²) in [5.41, 5.74) is -0.751. The predicted octanol–water partition coefficient (Wildman–Crippen LogP) is 0.968. The molecule has 2 unspecified atom stereocenters. The number of nitrogens with one attached hydrogen (secondary N) is 1. The van der Waals surface area contributed by atoms with Crippen molar-refractivity contribution in [1.29, 1.82) is 0 Å². The molecule has 2 saturated heterocycles. The van der Waals surface area contributed by atoms with Crippen molar-refractivity contribution in [1.82, 2.24) is 5.32 Å². The van der Waals surface area contributed by atoms with Crippen molar-refractivity contribution in [2.75, 3.05) is 24.6 Å². The van der Waals surface area contributed by atoms with Gasteiger partial charge < -0.3 is 10.1 Å². The molecule has 1 spiro atoms. The molecule has 0 bridgehead atoms. The highest BCUT2D eigenvalue weighted by atomic mass is 32.2. The lowest BCUT2D eigenvalue weighted by Gasteiger charge is -2.50. The zero-order valence-corrected chi connectivity index (χ0v) is 11.8. The summed E-state index contributed by atoms with van der Waals surface area (Å²) in [4.78, 5) is 0. The van der Waals surface area contributed by atoms with Gasteiger partial charge in [-0.2, -0.15) is 0 Å². The van der Waals surface area contributed by atoms with Gasteiger partial charge in [-0.25, -0.2) is 8.42 Å². The molecule has 0 aromatic rings. The highest BCUT2D eigenvalue weighted by molar-refractivity contribution is 7.91. The molecule has 2 heterocycles. The maximum absolute atomic E-state index is 11.8. The molecule has 5 heteroatoms. The molecular formula is C12H23NO3S. The molecule has 0 aromatic carbocycles. The zero-order chi connectivity index (χ0) is 12.7. The molecule has 1 N–H and O–H groups in total. The van der Waals surface area contributed by atoms with Crippen molar-refractivity contribution in [3.63, 3.8) is 0 Å². The van der Waals surface area contributed by atoms with Crippen molar-refractivity contribution in [3.8, 4) is 0 Å². The average Bonchev–Trinajstić information content (AvgIpc) is 2.14. The van der Waals surface area contributed by atoms with Crippen molar-refractivity contribution in [2.45, 2.75) is 44.8 Å². The van der Waals surface area contributed by atoms with E-state index in [4.69, 9.17) is 4.74 Å². The molecular weight excluding hydrogens is 238 g/mol. The predicted molar refractivity (Wildman–Crippen MR) is 67.8 cm³/mol. The summed E-state index contributed by atoms with van der Waals surface area (Å²) in [5, 5.41) is 3.37. The highest BCUT2D eigenvalue weighted by Crippen LogP contribution is 2.36. The average molecular weight is 261 g/mol. The Labute approximate surface area is 104 Å². The molecule has 2 fully saturated rings. The molecule has 0 aromatic heterocycles. The first-order valence-corrected chi connectivity index (χ1v) is 8.20. The van der Waals surface area contributed by atoms with Gasteiger partial charge in [0, 0.05) is 13.1 Å². The van der Waals surface area contributed by atoms with Crippen LogP contribution in [0.2, 0.25) is 0 Å². The summed E-state index contributed by atoms with van der Waals surface area (Å²) in [6.07, 6.45) is 1.57. The molecule has 2 aliphatic heterocycles. The fourth-order valence-corrected chi connectivity index (χ4v) is 4.64. The summed E-state index contributed by atoms with van der Waals surface area (Å²) in [7, 11) is -2.93. The minimum atomic E-state index is -2.93. The molecule has 17 heavy (non-hydrogen) atoms. The lowest BCUT2D eigenvalue weighted by Crippen LogP contribution is -2.64. The van der Waals surface area contributed by atoms with Gasteiger partial charge in [-0.05, 0) is 25.7 Å². The van der Waals surface area contributed by atoms with Gasteiger partial charge in [0.05, 0.1) is 22.7 Å². The van der Waals surface area contributed by atoms with E-state index in [1.807, 2.05) is 0 Å². The minimum absolute atomic E-state index is 0.176. The van der Waals surface area contributed by atoms with Gasteiger partial charge in [0.2, 0.25) is 0 Å². The Balaban J connectivity index is 2.21. The third-order valence-electron chi connectivity index (χ3n) is 4.16. The van der Waals surface area contributed by atoms with Crippen LogP contribution in [0.1, 0.15) is 33.6 Å². The first-order chi connectivity index (χ1) is 7.77. The minimum Gasteiger partial charge on any atom is -0.365 e. The Kier molecular flexibility index (Phi) is 3.30. The molecule has 2 atom stereocenters. The second kappa shape index (κ2) is 4.21. The van der Waals surface area contributed by atoms with Crippen LogP contribution in [0.25, 0.3) is 0 Å². The number of morpholine rings is 1. The van der Waals surface area contributed by atoms with Crippen molar-refractivity contribution >= 4 is 9.84 Å². The first kappa shape index (κ1) is 13.3. The fourth-order valence-electron chi connectivity index (χ4n) is 2.81. The molecule has 0 saturated carbocycles. The third kappa shape index (κ3) is 2.66. The third-order valence-corrected chi connectivity index (χ3v) is 6.04. The Morgan fingerprint density at radius 3 is 2.59 bits per heavy atom. The molecule has 0 aliphatic carbocycles. The molecule has 0 radical (unpaired) electrons. The molecule has 0 amide bonds. The lowest BCUT2D eigenvalue weighted by atomic mass is 9.86. The maximum Gasteiger partial charge on any atom is 0.153 e. The van der Waals surface area contributed by atoms with Gasteiger partial charge in [0.15, 0.2) is 9.84 Å². The summed E-state index contributed by atoms with van der Waals surface area (Å²) >= 11 is 0. The van der Waals surface area contributed by atoms with Crippen molar-refractivity contribution < 1.29 is 13.2 Å². The van der Waals surface area contributed by atoms with Gasteiger partial charge >= 0.3 is 0 Å². The number of hydrogen-bond donors (Lipinski definition) is 1. The number of ether oxygens (including phenoxy) is 1. The van der Waals surface area contributed by atoms with E-state index in [1.54, 1.807) is 0 Å². The van der Waals surface area contributed by atoms with Crippen LogP contribution >= 0.6 is 0 Å². The maximum atomic E-state index is 11.8. The van der Waals surface area contributed by atoms with Crippen molar-refractivity contribution in [2.24, 2.45) is 5.92 Å². The summed E-state index contributed by atoms with van der Waals surface area (Å²) in [6, 6.07) is 0. The van der Waals surface area contributed by atoms with E-state index in [1.165, 1.54) is 0 Å². The van der Waals surface area contributed by atoms with Crippen LogP contribution < -0.4 is 5.32 Å². The monoisotopic (exact) mass is 261 g/mol. The number of sulfone groups is 1. The fraction of sp³-hybridized carbons (Fsp3) is 1.00. The Morgan fingerprint density at radius 1 is 1.29 bits per heavy atom. The molecule has 100 valence electrons. The SMILES string of the molecule is CC(C)C1(C)CNCC2(CCCS(=O)(=O)C2)O1. The van der Waals surface area contributed by atoms with Crippen LogP contribution in [0, 0.1) is 5.92 Å². The van der Waals surface area contributed by atoms with Crippen LogP contribution in [-0.2, 0) is 14.6 Å². The second-order valence-electron chi connectivity index (χ2n) is 6.05. The van der Waals surface area contributed by atoms with E-state index in [0.29, 0.717) is 18.2 Å². The van der Waals surface area contributed by atoms with Crippen LogP contribution in [0.4, 0.5) is 0 Å². The van der Waals surface area contributed by atoms with E-state index < -0.39 is 15.4 Å². The van der Waals surface area contributed by atoms with Gasteiger partial charge in [-0.1, -0.05) is 13.8 Å². The van der Waals surface area contributed by atoms with E-state index in [0.717, 1.165) is 19.4 Å². The topological polar surface area (TPSA) is 55.4 Å².